The van der Waals surface area contributed by atoms with E-state index in [1.54, 1.807) is 12.4 Å². The number of hydrogen-bond acceptors (Lipinski definition) is 7. The maximum absolute atomic E-state index is 6.17. The molecule has 5 rings (SSSR count). The molecule has 5 heterocycles. The van der Waals surface area contributed by atoms with Gasteiger partial charge in [0.05, 0.1) is 18.5 Å². The zero-order valence-corrected chi connectivity index (χ0v) is 16.2. The molecular formula is C21H27N5O2. The monoisotopic (exact) mass is 381 g/mol. The predicted octanol–water partition coefficient (Wildman–Crippen LogP) is 2.66. The summed E-state index contributed by atoms with van der Waals surface area (Å²) in [6, 6.07) is 3.81. The molecule has 0 N–H and O–H groups in total. The number of rotatable bonds is 5. The van der Waals surface area contributed by atoms with Crippen molar-refractivity contribution in [1.82, 2.24) is 19.9 Å². The Labute approximate surface area is 165 Å². The molecule has 0 aromatic carbocycles. The van der Waals surface area contributed by atoms with Crippen LogP contribution in [0.2, 0.25) is 0 Å². The van der Waals surface area contributed by atoms with Crippen LogP contribution in [0.25, 0.3) is 0 Å². The highest BCUT2D eigenvalue weighted by molar-refractivity contribution is 5.43. The molecule has 148 valence electrons. The van der Waals surface area contributed by atoms with E-state index in [-0.39, 0.29) is 0 Å². The second-order valence-corrected chi connectivity index (χ2v) is 7.95. The Hall–Kier alpha value is -2.25. The molecule has 0 spiro atoms. The molecule has 3 aliphatic heterocycles. The smallest absolute Gasteiger partial charge is 0.228 e. The van der Waals surface area contributed by atoms with Crippen LogP contribution in [0.5, 0.6) is 11.6 Å². The third kappa shape index (κ3) is 3.82. The Morgan fingerprint density at radius 2 is 2.11 bits per heavy atom. The SMILES string of the molecule is c1cncc(Oc2nc(N3CCCC3)nc3c2CCN(CC2CCOC2)C3)c1. The van der Waals surface area contributed by atoms with E-state index in [0.717, 1.165) is 75.3 Å². The second kappa shape index (κ2) is 8.01. The maximum atomic E-state index is 6.17. The van der Waals surface area contributed by atoms with Crippen molar-refractivity contribution in [3.05, 3.63) is 35.8 Å². The quantitative estimate of drug-likeness (QED) is 0.789. The Balaban J connectivity index is 1.42. The number of aromatic nitrogens is 3. The Kier molecular flexibility index (Phi) is 5.10. The van der Waals surface area contributed by atoms with Crippen molar-refractivity contribution < 1.29 is 9.47 Å². The number of anilines is 1. The standard InChI is InChI=1S/C21H27N5O2/c1-2-9-26(8-1)21-23-19-14-25(13-16-6-11-27-15-16)10-5-18(19)20(24-21)28-17-4-3-7-22-12-17/h3-4,7,12,16H,1-2,5-6,8-11,13-15H2. The summed E-state index contributed by atoms with van der Waals surface area (Å²) in [5.41, 5.74) is 2.26. The number of nitrogens with zero attached hydrogens (tertiary/aromatic N) is 5. The summed E-state index contributed by atoms with van der Waals surface area (Å²) in [6.45, 7) is 6.79. The minimum atomic E-state index is 0.646. The van der Waals surface area contributed by atoms with Crippen LogP contribution < -0.4 is 9.64 Å². The van der Waals surface area contributed by atoms with Crippen molar-refractivity contribution in [2.75, 3.05) is 44.3 Å². The van der Waals surface area contributed by atoms with Gasteiger partial charge in [-0.15, -0.1) is 0 Å². The number of pyridine rings is 1. The topological polar surface area (TPSA) is 63.6 Å². The van der Waals surface area contributed by atoms with E-state index in [1.807, 2.05) is 12.1 Å². The van der Waals surface area contributed by atoms with E-state index >= 15 is 0 Å². The first kappa shape index (κ1) is 17.8. The highest BCUT2D eigenvalue weighted by Gasteiger charge is 2.28. The highest BCUT2D eigenvalue weighted by Crippen LogP contribution is 2.32. The Bertz CT molecular complexity index is 804. The van der Waals surface area contributed by atoms with Gasteiger partial charge in [-0.1, -0.05) is 0 Å². The van der Waals surface area contributed by atoms with Gasteiger partial charge in [0.1, 0.15) is 5.75 Å². The summed E-state index contributed by atoms with van der Waals surface area (Å²) >= 11 is 0. The number of hydrogen-bond donors (Lipinski definition) is 0. The van der Waals surface area contributed by atoms with E-state index in [9.17, 15) is 0 Å². The van der Waals surface area contributed by atoms with Crippen molar-refractivity contribution in [3.8, 4) is 11.6 Å². The lowest BCUT2D eigenvalue weighted by atomic mass is 10.0. The third-order valence-electron chi connectivity index (χ3n) is 5.87. The van der Waals surface area contributed by atoms with Gasteiger partial charge in [-0.3, -0.25) is 9.88 Å². The molecule has 3 aliphatic rings. The molecule has 1 unspecified atom stereocenters. The van der Waals surface area contributed by atoms with Crippen molar-refractivity contribution in [3.63, 3.8) is 0 Å². The van der Waals surface area contributed by atoms with Crippen LogP contribution in [0.15, 0.2) is 24.5 Å². The Morgan fingerprint density at radius 3 is 2.89 bits per heavy atom. The highest BCUT2D eigenvalue weighted by atomic mass is 16.5. The van der Waals surface area contributed by atoms with Gasteiger partial charge in [-0.25, -0.2) is 4.98 Å². The zero-order chi connectivity index (χ0) is 18.8. The predicted molar refractivity (Wildman–Crippen MR) is 106 cm³/mol. The lowest BCUT2D eigenvalue weighted by molar-refractivity contribution is 0.161. The average Bonchev–Trinajstić information content (AvgIpc) is 3.43. The summed E-state index contributed by atoms with van der Waals surface area (Å²) in [5.74, 6) is 2.87. The van der Waals surface area contributed by atoms with Gasteiger partial charge in [0.25, 0.3) is 0 Å². The zero-order valence-electron chi connectivity index (χ0n) is 16.2. The van der Waals surface area contributed by atoms with Crippen molar-refractivity contribution in [2.24, 2.45) is 5.92 Å². The van der Waals surface area contributed by atoms with Gasteiger partial charge in [-0.2, -0.15) is 4.98 Å². The average molecular weight is 381 g/mol. The van der Waals surface area contributed by atoms with Crippen LogP contribution in [-0.4, -0.2) is 59.2 Å². The van der Waals surface area contributed by atoms with E-state index in [0.29, 0.717) is 11.8 Å². The van der Waals surface area contributed by atoms with Crippen LogP contribution in [0.4, 0.5) is 5.95 Å². The molecule has 0 aliphatic carbocycles. The summed E-state index contributed by atoms with van der Waals surface area (Å²) in [6.07, 6.45) is 7.97. The van der Waals surface area contributed by atoms with E-state index in [1.165, 1.54) is 19.3 Å². The molecule has 2 fully saturated rings. The van der Waals surface area contributed by atoms with E-state index in [2.05, 4.69) is 14.8 Å². The van der Waals surface area contributed by atoms with Crippen LogP contribution in [0.3, 0.4) is 0 Å². The molecule has 28 heavy (non-hydrogen) atoms. The van der Waals surface area contributed by atoms with Gasteiger partial charge < -0.3 is 14.4 Å². The van der Waals surface area contributed by atoms with Crippen molar-refractivity contribution in [2.45, 2.75) is 32.2 Å². The van der Waals surface area contributed by atoms with Gasteiger partial charge >= 0.3 is 0 Å². The molecule has 2 aromatic heterocycles. The van der Waals surface area contributed by atoms with Gasteiger partial charge in [0.15, 0.2) is 0 Å². The van der Waals surface area contributed by atoms with Crippen LogP contribution >= 0.6 is 0 Å². The van der Waals surface area contributed by atoms with Crippen LogP contribution in [0.1, 0.15) is 30.5 Å². The van der Waals surface area contributed by atoms with Gasteiger partial charge in [0, 0.05) is 51.1 Å². The molecule has 0 saturated carbocycles. The normalized spacial score (nSPS) is 22.4. The molecular weight excluding hydrogens is 354 g/mol. The molecule has 0 radical (unpaired) electrons. The van der Waals surface area contributed by atoms with Crippen molar-refractivity contribution >= 4 is 5.95 Å². The first-order valence-electron chi connectivity index (χ1n) is 10.4. The third-order valence-corrected chi connectivity index (χ3v) is 5.87. The fourth-order valence-corrected chi connectivity index (χ4v) is 4.35. The molecule has 2 saturated heterocycles. The summed E-state index contributed by atoms with van der Waals surface area (Å²) in [5, 5.41) is 0. The number of ether oxygens (including phenoxy) is 2. The fourth-order valence-electron chi connectivity index (χ4n) is 4.35. The van der Waals surface area contributed by atoms with Crippen molar-refractivity contribution in [1.29, 1.82) is 0 Å². The fraction of sp³-hybridized carbons (Fsp3) is 0.571. The largest absolute Gasteiger partial charge is 0.437 e. The number of fused-ring (bicyclic) bond motifs is 1. The van der Waals surface area contributed by atoms with Crippen LogP contribution in [0, 0.1) is 5.92 Å². The first-order valence-corrected chi connectivity index (χ1v) is 10.4. The lowest BCUT2D eigenvalue weighted by Crippen LogP contribution is -2.36. The molecule has 0 bridgehead atoms. The minimum absolute atomic E-state index is 0.646. The maximum Gasteiger partial charge on any atom is 0.228 e. The second-order valence-electron chi connectivity index (χ2n) is 7.95. The summed E-state index contributed by atoms with van der Waals surface area (Å²) in [4.78, 5) is 18.7. The molecule has 0 amide bonds. The van der Waals surface area contributed by atoms with Gasteiger partial charge in [-0.05, 0) is 43.7 Å². The first-order chi connectivity index (χ1) is 13.8. The Morgan fingerprint density at radius 1 is 1.18 bits per heavy atom. The van der Waals surface area contributed by atoms with E-state index < -0.39 is 0 Å². The molecule has 1 atom stereocenters. The molecule has 2 aromatic rings. The molecule has 7 heteroatoms. The minimum Gasteiger partial charge on any atom is -0.437 e. The summed E-state index contributed by atoms with van der Waals surface area (Å²) in [7, 11) is 0. The molecule has 7 nitrogen and oxygen atoms in total. The lowest BCUT2D eigenvalue weighted by Gasteiger charge is -2.31. The van der Waals surface area contributed by atoms with Gasteiger partial charge in [0.2, 0.25) is 11.8 Å². The van der Waals surface area contributed by atoms with E-state index in [4.69, 9.17) is 19.4 Å². The van der Waals surface area contributed by atoms with Crippen LogP contribution in [-0.2, 0) is 17.7 Å². The summed E-state index contributed by atoms with van der Waals surface area (Å²) < 4.78 is 11.7.